The zero-order valence-electron chi connectivity index (χ0n) is 10.9. The molecular weight excluding hydrogens is 240 g/mol. The van der Waals surface area contributed by atoms with Crippen molar-refractivity contribution in [3.05, 3.63) is 46.5 Å². The number of rotatable bonds is 5. The normalized spacial score (nSPS) is 14.6. The average Bonchev–Trinajstić information content (AvgIpc) is 2.44. The zero-order valence-corrected chi connectivity index (χ0v) is 10.9. The topological polar surface area (TPSA) is 51.2 Å². The van der Waals surface area contributed by atoms with Gasteiger partial charge in [-0.1, -0.05) is 24.3 Å². The highest BCUT2D eigenvalue weighted by atomic mass is 16.1. The van der Waals surface area contributed by atoms with Gasteiger partial charge in [0.2, 0.25) is 0 Å². The van der Waals surface area contributed by atoms with E-state index in [1.807, 2.05) is 6.29 Å². The number of ketones is 2. The minimum Gasteiger partial charge on any atom is -0.291 e. The fraction of sp³-hybridized carbons (Fsp3) is 0.312. The van der Waals surface area contributed by atoms with Crippen LogP contribution in [0, 0.1) is 0 Å². The van der Waals surface area contributed by atoms with E-state index in [0.717, 1.165) is 6.42 Å². The summed E-state index contributed by atoms with van der Waals surface area (Å²) in [4.78, 5) is 34.7. The second-order valence-corrected chi connectivity index (χ2v) is 4.66. The number of hydrogen-bond acceptors (Lipinski definition) is 3. The molecule has 0 bridgehead atoms. The summed E-state index contributed by atoms with van der Waals surface area (Å²) < 4.78 is 0. The predicted molar refractivity (Wildman–Crippen MR) is 72.0 cm³/mol. The highest BCUT2D eigenvalue weighted by Crippen LogP contribution is 2.28. The van der Waals surface area contributed by atoms with Crippen LogP contribution in [0.3, 0.4) is 0 Å². The Morgan fingerprint density at radius 3 is 2.26 bits per heavy atom. The Hall–Kier alpha value is -2.03. The fourth-order valence-corrected chi connectivity index (χ4v) is 2.35. The summed E-state index contributed by atoms with van der Waals surface area (Å²) >= 11 is 0. The Kier molecular flexibility index (Phi) is 4.05. The van der Waals surface area contributed by atoms with Crippen LogP contribution in [0.5, 0.6) is 0 Å². The zero-order chi connectivity index (χ0) is 13.8. The number of carbonyl (C=O) groups excluding carboxylic acids is 3. The van der Waals surface area contributed by atoms with E-state index < -0.39 is 0 Å². The fourth-order valence-electron chi connectivity index (χ4n) is 2.35. The SMILES string of the molecule is CC1=C(CCCC[C]=O)C(=O)c2ccccc2C1=O. The molecule has 97 valence electrons. The number of fused-ring (bicyclic) bond motifs is 1. The van der Waals surface area contributed by atoms with E-state index in [1.54, 1.807) is 31.2 Å². The predicted octanol–water partition coefficient (Wildman–Crippen LogP) is 3.05. The highest BCUT2D eigenvalue weighted by molar-refractivity contribution is 6.26. The van der Waals surface area contributed by atoms with E-state index in [4.69, 9.17) is 0 Å². The van der Waals surface area contributed by atoms with Crippen LogP contribution in [-0.2, 0) is 4.79 Å². The van der Waals surface area contributed by atoms with Crippen LogP contribution in [0.1, 0.15) is 53.3 Å². The third-order valence-corrected chi connectivity index (χ3v) is 3.44. The molecular formula is C16H15O3. The van der Waals surface area contributed by atoms with Crippen molar-refractivity contribution in [2.45, 2.75) is 32.6 Å². The lowest BCUT2D eigenvalue weighted by Crippen LogP contribution is -2.20. The summed E-state index contributed by atoms with van der Waals surface area (Å²) in [5.74, 6) is -0.116. The van der Waals surface area contributed by atoms with Crippen molar-refractivity contribution in [2.24, 2.45) is 0 Å². The largest absolute Gasteiger partial charge is 0.291 e. The third-order valence-electron chi connectivity index (χ3n) is 3.44. The van der Waals surface area contributed by atoms with E-state index in [9.17, 15) is 14.4 Å². The van der Waals surface area contributed by atoms with Crippen molar-refractivity contribution >= 4 is 17.9 Å². The first kappa shape index (κ1) is 13.4. The molecule has 0 atom stereocenters. The third kappa shape index (κ3) is 2.55. The first-order valence-electron chi connectivity index (χ1n) is 6.40. The van der Waals surface area contributed by atoms with Gasteiger partial charge in [0.1, 0.15) is 0 Å². The number of Topliss-reactive ketones (excluding diaryl/α,β-unsaturated/α-hetero) is 2. The molecule has 1 radical (unpaired) electrons. The minimum absolute atomic E-state index is 0.0530. The summed E-state index contributed by atoms with van der Waals surface area (Å²) in [6, 6.07) is 6.92. The highest BCUT2D eigenvalue weighted by Gasteiger charge is 2.28. The number of unbranched alkanes of at least 4 members (excludes halogenated alkanes) is 2. The van der Waals surface area contributed by atoms with Crippen molar-refractivity contribution in [3.8, 4) is 0 Å². The molecule has 1 aliphatic carbocycles. The maximum Gasteiger partial charge on any atom is 0.198 e. The Balaban J connectivity index is 2.24. The molecule has 2 rings (SSSR count). The van der Waals surface area contributed by atoms with E-state index in [-0.39, 0.29) is 11.6 Å². The van der Waals surface area contributed by atoms with Gasteiger partial charge in [-0.2, -0.15) is 0 Å². The molecule has 0 fully saturated rings. The van der Waals surface area contributed by atoms with E-state index >= 15 is 0 Å². The van der Waals surface area contributed by atoms with Crippen LogP contribution in [0.4, 0.5) is 0 Å². The van der Waals surface area contributed by atoms with E-state index in [0.29, 0.717) is 41.5 Å². The van der Waals surface area contributed by atoms with Crippen molar-refractivity contribution in [3.63, 3.8) is 0 Å². The Morgan fingerprint density at radius 1 is 1.00 bits per heavy atom. The molecule has 0 saturated heterocycles. The van der Waals surface area contributed by atoms with Crippen molar-refractivity contribution in [1.82, 2.24) is 0 Å². The van der Waals surface area contributed by atoms with Crippen LogP contribution < -0.4 is 0 Å². The first-order chi connectivity index (χ1) is 9.16. The smallest absolute Gasteiger partial charge is 0.198 e. The lowest BCUT2D eigenvalue weighted by atomic mass is 9.83. The van der Waals surface area contributed by atoms with Crippen LogP contribution in [0.2, 0.25) is 0 Å². The maximum atomic E-state index is 12.3. The second kappa shape index (κ2) is 5.74. The van der Waals surface area contributed by atoms with Crippen molar-refractivity contribution < 1.29 is 14.4 Å². The molecule has 0 heterocycles. The van der Waals surface area contributed by atoms with E-state index in [1.165, 1.54) is 0 Å². The lowest BCUT2D eigenvalue weighted by Gasteiger charge is -2.18. The van der Waals surface area contributed by atoms with Crippen molar-refractivity contribution in [1.29, 1.82) is 0 Å². The van der Waals surface area contributed by atoms with Gasteiger partial charge < -0.3 is 0 Å². The molecule has 19 heavy (non-hydrogen) atoms. The standard InChI is InChI=1S/C16H15O3/c1-11-12(7-3-2-6-10-17)16(19)14-9-5-4-8-13(14)15(11)18/h4-5,8-9H,2-3,6-7H2,1H3. The number of hydrogen-bond donors (Lipinski definition) is 0. The summed E-state index contributed by atoms with van der Waals surface area (Å²) in [7, 11) is 0. The lowest BCUT2D eigenvalue weighted by molar-refractivity contribution is 0.0971. The Morgan fingerprint density at radius 2 is 1.63 bits per heavy atom. The van der Waals surface area contributed by atoms with Gasteiger partial charge in [-0.3, -0.25) is 14.4 Å². The molecule has 1 aliphatic rings. The molecule has 1 aromatic carbocycles. The molecule has 3 heteroatoms. The van der Waals surface area contributed by atoms with Crippen LogP contribution in [-0.4, -0.2) is 17.9 Å². The van der Waals surface area contributed by atoms with Gasteiger partial charge in [-0.05, 0) is 26.2 Å². The maximum absolute atomic E-state index is 12.3. The Bertz CT molecular complexity index is 567. The van der Waals surface area contributed by atoms with Gasteiger partial charge in [0.25, 0.3) is 0 Å². The van der Waals surface area contributed by atoms with Crippen LogP contribution >= 0.6 is 0 Å². The van der Waals surface area contributed by atoms with Gasteiger partial charge in [0.05, 0.1) is 0 Å². The number of benzene rings is 1. The summed E-state index contributed by atoms with van der Waals surface area (Å²) in [5, 5.41) is 0. The first-order valence-corrected chi connectivity index (χ1v) is 6.40. The number of allylic oxidation sites excluding steroid dienone is 2. The Labute approximate surface area is 112 Å². The molecule has 0 amide bonds. The molecule has 0 N–H and O–H groups in total. The molecule has 3 nitrogen and oxygen atoms in total. The summed E-state index contributed by atoms with van der Waals surface area (Å²) in [5.41, 5.74) is 2.12. The summed E-state index contributed by atoms with van der Waals surface area (Å²) in [6.07, 6.45) is 4.19. The second-order valence-electron chi connectivity index (χ2n) is 4.66. The quantitative estimate of drug-likeness (QED) is 0.760. The molecule has 0 aromatic heterocycles. The molecule has 1 aromatic rings. The van der Waals surface area contributed by atoms with Gasteiger partial charge in [0, 0.05) is 28.7 Å². The van der Waals surface area contributed by atoms with Crippen LogP contribution in [0.25, 0.3) is 0 Å². The average molecular weight is 255 g/mol. The summed E-state index contributed by atoms with van der Waals surface area (Å²) in [6.45, 7) is 1.71. The van der Waals surface area contributed by atoms with Crippen LogP contribution in [0.15, 0.2) is 35.4 Å². The monoisotopic (exact) mass is 255 g/mol. The van der Waals surface area contributed by atoms with Gasteiger partial charge in [0.15, 0.2) is 17.9 Å². The van der Waals surface area contributed by atoms with Gasteiger partial charge in [-0.25, -0.2) is 0 Å². The van der Waals surface area contributed by atoms with Gasteiger partial charge in [-0.15, -0.1) is 0 Å². The number of carbonyl (C=O) groups is 2. The van der Waals surface area contributed by atoms with E-state index in [2.05, 4.69) is 0 Å². The molecule has 0 spiro atoms. The molecule has 0 aliphatic heterocycles. The molecule has 0 unspecified atom stereocenters. The minimum atomic E-state index is -0.0628. The molecule has 0 saturated carbocycles. The van der Waals surface area contributed by atoms with Gasteiger partial charge >= 0.3 is 0 Å². The van der Waals surface area contributed by atoms with Crippen molar-refractivity contribution in [2.75, 3.05) is 0 Å².